The average molecular weight is 416 g/mol. The first kappa shape index (κ1) is 22.9. The van der Waals surface area contributed by atoms with Crippen LogP contribution < -0.4 is 11.1 Å². The fourth-order valence-electron chi connectivity index (χ4n) is 3.87. The SMILES string of the molecule is CC(N)C1CCCCN1C(=O)CC(NC(=O)c1ccccc1)c1ccccc1.Cl. The zero-order valence-corrected chi connectivity index (χ0v) is 17.6. The maximum atomic E-state index is 13.1. The Bertz CT molecular complexity index is 783. The van der Waals surface area contributed by atoms with E-state index >= 15 is 0 Å². The van der Waals surface area contributed by atoms with E-state index in [4.69, 9.17) is 5.73 Å². The number of rotatable bonds is 6. The van der Waals surface area contributed by atoms with Gasteiger partial charge in [0, 0.05) is 24.2 Å². The van der Waals surface area contributed by atoms with Crippen LogP contribution in [0.1, 0.15) is 54.6 Å². The minimum atomic E-state index is -0.378. The summed E-state index contributed by atoms with van der Waals surface area (Å²) in [5, 5.41) is 3.05. The first-order chi connectivity index (χ1) is 13.6. The summed E-state index contributed by atoms with van der Waals surface area (Å²) in [7, 11) is 0. The molecule has 2 aromatic rings. The van der Waals surface area contributed by atoms with Crippen LogP contribution in [0.2, 0.25) is 0 Å². The van der Waals surface area contributed by atoms with E-state index in [2.05, 4.69) is 5.32 Å². The van der Waals surface area contributed by atoms with Crippen molar-refractivity contribution in [3.8, 4) is 0 Å². The van der Waals surface area contributed by atoms with Crippen molar-refractivity contribution in [2.45, 2.75) is 50.7 Å². The van der Waals surface area contributed by atoms with Crippen LogP contribution >= 0.6 is 12.4 Å². The van der Waals surface area contributed by atoms with Crippen LogP contribution in [0, 0.1) is 0 Å². The maximum absolute atomic E-state index is 13.1. The number of amides is 2. The number of nitrogens with two attached hydrogens (primary N) is 1. The molecule has 3 N–H and O–H groups in total. The molecule has 29 heavy (non-hydrogen) atoms. The van der Waals surface area contributed by atoms with Gasteiger partial charge in [-0.2, -0.15) is 0 Å². The number of hydrogen-bond donors (Lipinski definition) is 2. The van der Waals surface area contributed by atoms with Gasteiger partial charge in [0.15, 0.2) is 0 Å². The van der Waals surface area contributed by atoms with Gasteiger partial charge in [-0.15, -0.1) is 12.4 Å². The maximum Gasteiger partial charge on any atom is 0.251 e. The Morgan fingerprint density at radius 3 is 2.31 bits per heavy atom. The number of carbonyl (C=O) groups excluding carboxylic acids is 2. The number of carbonyl (C=O) groups is 2. The first-order valence-corrected chi connectivity index (χ1v) is 10.0. The zero-order valence-electron chi connectivity index (χ0n) is 16.8. The molecule has 1 aliphatic heterocycles. The Hall–Kier alpha value is -2.37. The summed E-state index contributed by atoms with van der Waals surface area (Å²) in [6.45, 7) is 2.70. The lowest BCUT2D eigenvalue weighted by atomic mass is 9.95. The van der Waals surface area contributed by atoms with Crippen LogP contribution in [-0.4, -0.2) is 35.3 Å². The van der Waals surface area contributed by atoms with Crippen molar-refractivity contribution in [3.05, 3.63) is 71.8 Å². The zero-order chi connectivity index (χ0) is 19.9. The minimum absolute atomic E-state index is 0. The van der Waals surface area contributed by atoms with E-state index in [-0.39, 0.29) is 48.8 Å². The Morgan fingerprint density at radius 1 is 1.07 bits per heavy atom. The molecule has 0 aromatic heterocycles. The van der Waals surface area contributed by atoms with E-state index in [0.717, 1.165) is 31.4 Å². The third-order valence-electron chi connectivity index (χ3n) is 5.40. The molecule has 1 saturated heterocycles. The summed E-state index contributed by atoms with van der Waals surface area (Å²) in [5.74, 6) is -0.131. The van der Waals surface area contributed by atoms with Crippen molar-refractivity contribution >= 4 is 24.2 Å². The van der Waals surface area contributed by atoms with Crippen molar-refractivity contribution in [1.29, 1.82) is 0 Å². The number of nitrogens with zero attached hydrogens (tertiary/aromatic N) is 1. The van der Waals surface area contributed by atoms with Crippen LogP contribution in [0.5, 0.6) is 0 Å². The standard InChI is InChI=1S/C23H29N3O2.ClH/c1-17(24)21-14-8-9-15-26(21)22(27)16-20(18-10-4-2-5-11-18)25-23(28)19-12-6-3-7-13-19;/h2-7,10-13,17,20-21H,8-9,14-16,24H2,1H3,(H,25,28);1H. The number of likely N-dealkylation sites (tertiary alicyclic amines) is 1. The molecular formula is C23H30ClN3O2. The van der Waals surface area contributed by atoms with Gasteiger partial charge in [-0.3, -0.25) is 9.59 Å². The summed E-state index contributed by atoms with van der Waals surface area (Å²) in [6.07, 6.45) is 3.27. The topological polar surface area (TPSA) is 75.4 Å². The van der Waals surface area contributed by atoms with Gasteiger partial charge in [-0.1, -0.05) is 48.5 Å². The molecule has 3 unspecified atom stereocenters. The fourth-order valence-corrected chi connectivity index (χ4v) is 3.87. The van der Waals surface area contributed by atoms with Crippen LogP contribution in [0.4, 0.5) is 0 Å². The summed E-state index contributed by atoms with van der Waals surface area (Å²) >= 11 is 0. The lowest BCUT2D eigenvalue weighted by Gasteiger charge is -2.38. The highest BCUT2D eigenvalue weighted by molar-refractivity contribution is 5.94. The lowest BCUT2D eigenvalue weighted by Crippen LogP contribution is -2.52. The number of halogens is 1. The second kappa shape index (κ2) is 11.0. The summed E-state index contributed by atoms with van der Waals surface area (Å²) in [5.41, 5.74) is 7.64. The number of nitrogens with one attached hydrogen (secondary N) is 1. The molecule has 6 heteroatoms. The molecule has 0 spiro atoms. The van der Waals surface area contributed by atoms with E-state index in [9.17, 15) is 9.59 Å². The number of benzene rings is 2. The van der Waals surface area contributed by atoms with Crippen molar-refractivity contribution in [2.24, 2.45) is 5.73 Å². The van der Waals surface area contributed by atoms with Gasteiger partial charge in [-0.05, 0) is 43.9 Å². The summed E-state index contributed by atoms with van der Waals surface area (Å²) < 4.78 is 0. The molecule has 0 radical (unpaired) electrons. The van der Waals surface area contributed by atoms with Crippen LogP contribution in [0.3, 0.4) is 0 Å². The van der Waals surface area contributed by atoms with Crippen LogP contribution in [-0.2, 0) is 4.79 Å². The molecular weight excluding hydrogens is 386 g/mol. The van der Waals surface area contributed by atoms with Gasteiger partial charge in [0.25, 0.3) is 5.91 Å². The van der Waals surface area contributed by atoms with E-state index < -0.39 is 0 Å². The van der Waals surface area contributed by atoms with Gasteiger partial charge < -0.3 is 16.0 Å². The highest BCUT2D eigenvalue weighted by atomic mass is 35.5. The molecule has 156 valence electrons. The Morgan fingerprint density at radius 2 is 1.69 bits per heavy atom. The normalized spacial score (nSPS) is 18.3. The van der Waals surface area contributed by atoms with E-state index in [1.54, 1.807) is 12.1 Å². The molecule has 2 aromatic carbocycles. The van der Waals surface area contributed by atoms with Crippen LogP contribution in [0.15, 0.2) is 60.7 Å². The van der Waals surface area contributed by atoms with Gasteiger partial charge in [0.1, 0.15) is 0 Å². The van der Waals surface area contributed by atoms with Crippen molar-refractivity contribution in [2.75, 3.05) is 6.54 Å². The summed E-state index contributed by atoms with van der Waals surface area (Å²) in [6, 6.07) is 18.4. The van der Waals surface area contributed by atoms with Gasteiger partial charge >= 0.3 is 0 Å². The largest absolute Gasteiger partial charge is 0.345 e. The van der Waals surface area contributed by atoms with Gasteiger partial charge in [0.2, 0.25) is 5.91 Å². The third kappa shape index (κ3) is 6.05. The molecule has 3 atom stereocenters. The molecule has 1 heterocycles. The Balaban J connectivity index is 0.00000300. The Labute approximate surface area is 179 Å². The highest BCUT2D eigenvalue weighted by Gasteiger charge is 2.31. The second-order valence-corrected chi connectivity index (χ2v) is 7.52. The molecule has 0 saturated carbocycles. The third-order valence-corrected chi connectivity index (χ3v) is 5.40. The van der Waals surface area contributed by atoms with Crippen molar-refractivity contribution < 1.29 is 9.59 Å². The number of hydrogen-bond acceptors (Lipinski definition) is 3. The van der Waals surface area contributed by atoms with E-state index in [1.165, 1.54) is 0 Å². The fraction of sp³-hybridized carbons (Fsp3) is 0.391. The summed E-state index contributed by atoms with van der Waals surface area (Å²) in [4.78, 5) is 27.8. The quantitative estimate of drug-likeness (QED) is 0.755. The van der Waals surface area contributed by atoms with Crippen molar-refractivity contribution in [1.82, 2.24) is 10.2 Å². The molecule has 0 aliphatic carbocycles. The molecule has 3 rings (SSSR count). The smallest absolute Gasteiger partial charge is 0.251 e. The lowest BCUT2D eigenvalue weighted by molar-refractivity contribution is -0.135. The molecule has 1 aliphatic rings. The monoisotopic (exact) mass is 415 g/mol. The van der Waals surface area contributed by atoms with Gasteiger partial charge in [-0.25, -0.2) is 0 Å². The van der Waals surface area contributed by atoms with Crippen molar-refractivity contribution in [3.63, 3.8) is 0 Å². The highest BCUT2D eigenvalue weighted by Crippen LogP contribution is 2.24. The molecule has 0 bridgehead atoms. The predicted octanol–water partition coefficient (Wildman–Crippen LogP) is 3.70. The average Bonchev–Trinajstić information content (AvgIpc) is 2.74. The minimum Gasteiger partial charge on any atom is -0.345 e. The second-order valence-electron chi connectivity index (χ2n) is 7.52. The first-order valence-electron chi connectivity index (χ1n) is 10.0. The molecule has 1 fully saturated rings. The van der Waals surface area contributed by atoms with Gasteiger partial charge in [0.05, 0.1) is 12.5 Å². The van der Waals surface area contributed by atoms with E-state index in [0.29, 0.717) is 5.56 Å². The van der Waals surface area contributed by atoms with E-state index in [1.807, 2.05) is 60.4 Å². The van der Waals surface area contributed by atoms with Crippen LogP contribution in [0.25, 0.3) is 0 Å². The number of piperidine rings is 1. The predicted molar refractivity (Wildman–Crippen MR) is 118 cm³/mol. The molecule has 2 amide bonds. The Kier molecular flexibility index (Phi) is 8.68. The molecule has 5 nitrogen and oxygen atoms in total.